The smallest absolute Gasteiger partial charge is 0.226 e. The van der Waals surface area contributed by atoms with Crippen LogP contribution in [0.15, 0.2) is 52.8 Å². The highest BCUT2D eigenvalue weighted by Crippen LogP contribution is 2.31. The maximum absolute atomic E-state index is 11.8. The van der Waals surface area contributed by atoms with Gasteiger partial charge in [-0.15, -0.1) is 16.8 Å². The number of benzene rings is 1. The molecule has 1 fully saturated rings. The summed E-state index contributed by atoms with van der Waals surface area (Å²) >= 11 is 7.40. The van der Waals surface area contributed by atoms with Crippen molar-refractivity contribution < 1.29 is 12.8 Å². The second-order valence-electron chi connectivity index (χ2n) is 6.78. The Hall–Kier alpha value is -2.10. The van der Waals surface area contributed by atoms with Crippen molar-refractivity contribution in [2.45, 2.75) is 29.8 Å². The van der Waals surface area contributed by atoms with Gasteiger partial charge in [0.25, 0.3) is 0 Å². The van der Waals surface area contributed by atoms with Gasteiger partial charge in [0.15, 0.2) is 15.0 Å². The number of hydrogen-bond donors (Lipinski definition) is 0. The number of aromatic nitrogens is 4. The zero-order valence-electron chi connectivity index (χ0n) is 15.5. The minimum Gasteiger partial charge on any atom is -0.444 e. The van der Waals surface area contributed by atoms with Gasteiger partial charge in [-0.05, 0) is 30.7 Å². The van der Waals surface area contributed by atoms with Crippen molar-refractivity contribution in [2.75, 3.05) is 11.5 Å². The molecule has 1 saturated heterocycles. The first kappa shape index (κ1) is 20.2. The van der Waals surface area contributed by atoms with E-state index < -0.39 is 9.84 Å². The molecule has 10 heteroatoms. The van der Waals surface area contributed by atoms with Crippen molar-refractivity contribution in [2.24, 2.45) is 0 Å². The van der Waals surface area contributed by atoms with E-state index in [-0.39, 0.29) is 17.4 Å². The van der Waals surface area contributed by atoms with Gasteiger partial charge in [0.2, 0.25) is 5.89 Å². The zero-order valence-corrected chi connectivity index (χ0v) is 17.9. The largest absolute Gasteiger partial charge is 0.444 e. The SMILES string of the molecule is C=CCn1c(SCc2coc(-c3ccc(Cl)cc3)n2)nnc1[C@H]1CCS(=O)(=O)C1. The van der Waals surface area contributed by atoms with Gasteiger partial charge in [0.1, 0.15) is 12.1 Å². The van der Waals surface area contributed by atoms with E-state index in [9.17, 15) is 8.42 Å². The summed E-state index contributed by atoms with van der Waals surface area (Å²) in [5.74, 6) is 1.99. The summed E-state index contributed by atoms with van der Waals surface area (Å²) in [7, 11) is -2.99. The van der Waals surface area contributed by atoms with E-state index in [1.54, 1.807) is 24.5 Å². The lowest BCUT2D eigenvalue weighted by molar-refractivity contribution is 0.573. The summed E-state index contributed by atoms with van der Waals surface area (Å²) in [5, 5.41) is 9.92. The Kier molecular flexibility index (Phi) is 5.80. The Balaban J connectivity index is 1.49. The molecule has 0 saturated carbocycles. The molecule has 0 aliphatic carbocycles. The molecule has 3 aromatic rings. The van der Waals surface area contributed by atoms with Crippen LogP contribution < -0.4 is 0 Å². The van der Waals surface area contributed by atoms with Crippen LogP contribution in [0.25, 0.3) is 11.5 Å². The Morgan fingerprint density at radius 1 is 1.31 bits per heavy atom. The van der Waals surface area contributed by atoms with Gasteiger partial charge in [-0.3, -0.25) is 0 Å². The number of sulfone groups is 1. The molecule has 3 heterocycles. The van der Waals surface area contributed by atoms with E-state index in [2.05, 4.69) is 21.8 Å². The highest BCUT2D eigenvalue weighted by Gasteiger charge is 2.33. The van der Waals surface area contributed by atoms with E-state index in [0.29, 0.717) is 40.6 Å². The van der Waals surface area contributed by atoms with Crippen molar-refractivity contribution in [1.82, 2.24) is 19.7 Å². The standard InChI is InChI=1S/C19H19ClN4O3S2/c1-2-8-24-17(14-7-9-29(25,26)12-14)22-23-19(24)28-11-16-10-27-18(21-16)13-3-5-15(20)6-4-13/h2-6,10,14H,1,7-9,11-12H2/t14-/m0/s1. The van der Waals surface area contributed by atoms with Crippen molar-refractivity contribution in [3.8, 4) is 11.5 Å². The Morgan fingerprint density at radius 2 is 2.10 bits per heavy atom. The number of oxazole rings is 1. The summed E-state index contributed by atoms with van der Waals surface area (Å²) in [5.41, 5.74) is 1.63. The zero-order chi connectivity index (χ0) is 20.4. The lowest BCUT2D eigenvalue weighted by Crippen LogP contribution is -2.11. The fourth-order valence-electron chi connectivity index (χ4n) is 3.24. The average molecular weight is 451 g/mol. The van der Waals surface area contributed by atoms with Crippen LogP contribution in [0.1, 0.15) is 23.9 Å². The van der Waals surface area contributed by atoms with Crippen LogP contribution >= 0.6 is 23.4 Å². The highest BCUT2D eigenvalue weighted by molar-refractivity contribution is 7.98. The lowest BCUT2D eigenvalue weighted by Gasteiger charge is -2.10. The molecule has 152 valence electrons. The van der Waals surface area contributed by atoms with E-state index >= 15 is 0 Å². The Bertz CT molecular complexity index is 1120. The molecule has 1 aliphatic heterocycles. The summed E-state index contributed by atoms with van der Waals surface area (Å²) in [6, 6.07) is 7.29. The average Bonchev–Trinajstić information content (AvgIpc) is 3.40. The van der Waals surface area contributed by atoms with Crippen LogP contribution in [0.2, 0.25) is 5.02 Å². The topological polar surface area (TPSA) is 90.9 Å². The molecule has 0 spiro atoms. The van der Waals surface area contributed by atoms with Crippen molar-refractivity contribution in [3.05, 3.63) is 59.7 Å². The first-order valence-corrected chi connectivity index (χ1v) is 12.2. The van der Waals surface area contributed by atoms with Crippen molar-refractivity contribution in [3.63, 3.8) is 0 Å². The third-order valence-corrected chi connectivity index (χ3v) is 7.67. The lowest BCUT2D eigenvalue weighted by atomic mass is 10.1. The quantitative estimate of drug-likeness (QED) is 0.397. The number of halogens is 1. The van der Waals surface area contributed by atoms with Gasteiger partial charge in [-0.1, -0.05) is 29.4 Å². The fourth-order valence-corrected chi connectivity index (χ4v) is 5.94. The molecular weight excluding hydrogens is 432 g/mol. The molecule has 1 aliphatic rings. The number of rotatable bonds is 7. The second kappa shape index (κ2) is 8.33. The Morgan fingerprint density at radius 3 is 2.79 bits per heavy atom. The fraction of sp³-hybridized carbons (Fsp3) is 0.316. The maximum Gasteiger partial charge on any atom is 0.226 e. The van der Waals surface area contributed by atoms with Crippen LogP contribution in [-0.4, -0.2) is 39.7 Å². The van der Waals surface area contributed by atoms with E-state index in [1.807, 2.05) is 16.7 Å². The van der Waals surface area contributed by atoms with Gasteiger partial charge in [0, 0.05) is 28.8 Å². The second-order valence-corrected chi connectivity index (χ2v) is 10.4. The highest BCUT2D eigenvalue weighted by atomic mass is 35.5. The summed E-state index contributed by atoms with van der Waals surface area (Å²) in [4.78, 5) is 4.52. The van der Waals surface area contributed by atoms with Gasteiger partial charge in [-0.25, -0.2) is 13.4 Å². The minimum absolute atomic E-state index is 0.120. The first-order chi connectivity index (χ1) is 13.9. The molecule has 1 atom stereocenters. The first-order valence-electron chi connectivity index (χ1n) is 9.03. The molecule has 7 nitrogen and oxygen atoms in total. The number of allylic oxidation sites excluding steroid dienone is 1. The van der Waals surface area contributed by atoms with Crippen LogP contribution in [0, 0.1) is 0 Å². The molecule has 29 heavy (non-hydrogen) atoms. The summed E-state index contributed by atoms with van der Waals surface area (Å²) < 4.78 is 31.2. The van der Waals surface area contributed by atoms with Crippen LogP contribution in [-0.2, 0) is 22.1 Å². The number of nitrogens with zero attached hydrogens (tertiary/aromatic N) is 4. The molecule has 0 unspecified atom stereocenters. The monoisotopic (exact) mass is 450 g/mol. The molecule has 0 amide bonds. The molecule has 2 aromatic heterocycles. The molecule has 0 N–H and O–H groups in total. The van der Waals surface area contributed by atoms with Gasteiger partial charge < -0.3 is 8.98 Å². The van der Waals surface area contributed by atoms with E-state index in [0.717, 1.165) is 11.3 Å². The van der Waals surface area contributed by atoms with Gasteiger partial charge >= 0.3 is 0 Å². The third kappa shape index (κ3) is 4.57. The normalized spacial score (nSPS) is 18.2. The number of hydrogen-bond acceptors (Lipinski definition) is 7. The van der Waals surface area contributed by atoms with Gasteiger partial charge in [-0.2, -0.15) is 0 Å². The maximum atomic E-state index is 11.8. The summed E-state index contributed by atoms with van der Waals surface area (Å²) in [6.45, 7) is 4.32. The Labute approximate surface area is 178 Å². The van der Waals surface area contributed by atoms with E-state index in [1.165, 1.54) is 11.8 Å². The molecule has 0 bridgehead atoms. The molecule has 1 aromatic carbocycles. The minimum atomic E-state index is -2.99. The number of thioether (sulfide) groups is 1. The van der Waals surface area contributed by atoms with Gasteiger partial charge in [0.05, 0.1) is 17.2 Å². The summed E-state index contributed by atoms with van der Waals surface area (Å²) in [6.07, 6.45) is 3.96. The third-order valence-electron chi connectivity index (χ3n) is 4.65. The predicted molar refractivity (Wildman–Crippen MR) is 113 cm³/mol. The van der Waals surface area contributed by atoms with Crippen molar-refractivity contribution >= 4 is 33.2 Å². The molecular formula is C19H19ClN4O3S2. The van der Waals surface area contributed by atoms with Crippen LogP contribution in [0.5, 0.6) is 0 Å². The molecule has 4 rings (SSSR count). The van der Waals surface area contributed by atoms with Crippen LogP contribution in [0.4, 0.5) is 0 Å². The predicted octanol–water partition coefficient (Wildman–Crippen LogP) is 3.97. The van der Waals surface area contributed by atoms with Crippen molar-refractivity contribution in [1.29, 1.82) is 0 Å². The molecule has 0 radical (unpaired) electrons. The van der Waals surface area contributed by atoms with E-state index in [4.69, 9.17) is 16.0 Å². The van der Waals surface area contributed by atoms with Crippen LogP contribution in [0.3, 0.4) is 0 Å².